The van der Waals surface area contributed by atoms with Crippen LogP contribution in [-0.4, -0.2) is 30.5 Å². The molecular formula is C13H21Cl2N3O3. The number of hydrogen-bond acceptors (Lipinski definition) is 4. The smallest absolute Gasteiger partial charge is 0.300 e. The maximum Gasteiger partial charge on any atom is 0.300 e. The Morgan fingerprint density at radius 3 is 2.19 bits per heavy atom. The minimum absolute atomic E-state index is 0. The van der Waals surface area contributed by atoms with Gasteiger partial charge in [-0.2, -0.15) is 0 Å². The summed E-state index contributed by atoms with van der Waals surface area (Å²) in [5.74, 6) is -0.494. The summed E-state index contributed by atoms with van der Waals surface area (Å²) in [7, 11) is 0. The molecule has 6 nitrogen and oxygen atoms in total. The Hall–Kier alpha value is -1.37. The van der Waals surface area contributed by atoms with E-state index in [1.807, 2.05) is 0 Å². The Morgan fingerprint density at radius 2 is 1.81 bits per heavy atom. The second-order valence-corrected chi connectivity index (χ2v) is 4.12. The molecule has 1 rings (SSSR count). The number of nitro groups is 1. The van der Waals surface area contributed by atoms with Gasteiger partial charge in [0.05, 0.1) is 4.92 Å². The average molecular weight is 338 g/mol. The van der Waals surface area contributed by atoms with Crippen LogP contribution in [0.15, 0.2) is 18.2 Å². The van der Waals surface area contributed by atoms with Crippen LogP contribution in [0.5, 0.6) is 0 Å². The molecule has 0 aliphatic carbocycles. The zero-order chi connectivity index (χ0) is 15.5. The first-order chi connectivity index (χ1) is 9.49. The van der Waals surface area contributed by atoms with Crippen molar-refractivity contribution in [2.75, 3.05) is 19.6 Å². The lowest BCUT2D eigenvalue weighted by atomic mass is 10.1. The lowest BCUT2D eigenvalue weighted by Crippen LogP contribution is -2.23. The first-order valence-corrected chi connectivity index (χ1v) is 6.79. The molecule has 0 saturated heterocycles. The molecule has 0 bridgehead atoms. The van der Waals surface area contributed by atoms with Gasteiger partial charge in [-0.3, -0.25) is 14.9 Å². The van der Waals surface area contributed by atoms with E-state index in [-0.39, 0.29) is 28.7 Å². The number of para-hydroxylation sites is 1. The summed E-state index contributed by atoms with van der Waals surface area (Å²) < 4.78 is 0. The second kappa shape index (κ2) is 12.4. The van der Waals surface area contributed by atoms with Gasteiger partial charge in [-0.15, -0.1) is 12.4 Å². The molecule has 1 amide bonds. The lowest BCUT2D eigenvalue weighted by molar-refractivity contribution is -0.385. The SMILES string of the molecule is CCNC(=O)c1cccc(Cl)c1[N+](=O)[O-].CCNCC.Cl. The van der Waals surface area contributed by atoms with Crippen molar-refractivity contribution in [3.05, 3.63) is 38.9 Å². The van der Waals surface area contributed by atoms with Gasteiger partial charge >= 0.3 is 5.69 Å². The van der Waals surface area contributed by atoms with E-state index in [9.17, 15) is 14.9 Å². The van der Waals surface area contributed by atoms with Gasteiger partial charge in [-0.05, 0) is 32.1 Å². The zero-order valence-electron chi connectivity index (χ0n) is 12.3. The minimum atomic E-state index is -0.660. The minimum Gasteiger partial charge on any atom is -0.352 e. The summed E-state index contributed by atoms with van der Waals surface area (Å²) in [4.78, 5) is 21.5. The molecule has 0 spiro atoms. The number of hydrogen-bond donors (Lipinski definition) is 2. The third kappa shape index (κ3) is 7.84. The Balaban J connectivity index is 0. The molecule has 8 heteroatoms. The Kier molecular flexibility index (Phi) is 12.9. The summed E-state index contributed by atoms with van der Waals surface area (Å²) in [5.41, 5.74) is -0.375. The molecule has 1 aromatic carbocycles. The highest BCUT2D eigenvalue weighted by Crippen LogP contribution is 2.27. The van der Waals surface area contributed by atoms with Crippen LogP contribution in [0.2, 0.25) is 5.02 Å². The highest BCUT2D eigenvalue weighted by atomic mass is 35.5. The van der Waals surface area contributed by atoms with E-state index in [4.69, 9.17) is 11.6 Å². The first-order valence-electron chi connectivity index (χ1n) is 6.41. The number of nitrogens with zero attached hydrogens (tertiary/aromatic N) is 1. The number of carbonyl (C=O) groups excluding carboxylic acids is 1. The highest BCUT2D eigenvalue weighted by molar-refractivity contribution is 6.33. The quantitative estimate of drug-likeness (QED) is 0.638. The molecule has 21 heavy (non-hydrogen) atoms. The number of nitrogens with one attached hydrogen (secondary N) is 2. The number of carbonyl (C=O) groups is 1. The third-order valence-electron chi connectivity index (χ3n) is 2.25. The molecule has 0 atom stereocenters. The van der Waals surface area contributed by atoms with Crippen LogP contribution in [0.3, 0.4) is 0 Å². The molecule has 120 valence electrons. The standard InChI is InChI=1S/C9H9ClN2O3.C4H11N.ClH/c1-2-11-9(13)6-4-3-5-7(10)8(6)12(14)15;1-3-5-4-2;/h3-5H,2H2,1H3,(H,11,13);5H,3-4H2,1-2H3;1H. The Morgan fingerprint density at radius 1 is 1.24 bits per heavy atom. The number of benzene rings is 1. The van der Waals surface area contributed by atoms with Crippen molar-refractivity contribution in [3.8, 4) is 0 Å². The molecule has 0 unspecified atom stereocenters. The van der Waals surface area contributed by atoms with Crippen molar-refractivity contribution in [2.45, 2.75) is 20.8 Å². The molecule has 0 heterocycles. The van der Waals surface area contributed by atoms with Crippen molar-refractivity contribution in [2.24, 2.45) is 0 Å². The average Bonchev–Trinajstić information content (AvgIpc) is 2.40. The van der Waals surface area contributed by atoms with Gasteiger partial charge in [0.25, 0.3) is 5.91 Å². The summed E-state index contributed by atoms with van der Waals surface area (Å²) in [6.07, 6.45) is 0. The molecule has 0 aliphatic heterocycles. The maximum atomic E-state index is 11.4. The van der Waals surface area contributed by atoms with E-state index in [1.165, 1.54) is 18.2 Å². The van der Waals surface area contributed by atoms with E-state index < -0.39 is 10.8 Å². The van der Waals surface area contributed by atoms with E-state index in [0.29, 0.717) is 6.54 Å². The fourth-order valence-corrected chi connectivity index (χ4v) is 1.63. The predicted molar refractivity (Wildman–Crippen MR) is 87.6 cm³/mol. The third-order valence-corrected chi connectivity index (χ3v) is 2.56. The van der Waals surface area contributed by atoms with Gasteiger partial charge in [0.15, 0.2) is 0 Å². The van der Waals surface area contributed by atoms with Crippen LogP contribution in [-0.2, 0) is 0 Å². The van der Waals surface area contributed by atoms with Crippen molar-refractivity contribution in [1.29, 1.82) is 0 Å². The Bertz CT molecular complexity index is 454. The van der Waals surface area contributed by atoms with Crippen molar-refractivity contribution < 1.29 is 9.72 Å². The van der Waals surface area contributed by atoms with Crippen LogP contribution in [0.4, 0.5) is 5.69 Å². The van der Waals surface area contributed by atoms with Gasteiger partial charge in [-0.1, -0.05) is 31.5 Å². The number of rotatable bonds is 5. The normalized spacial score (nSPS) is 8.95. The summed E-state index contributed by atoms with van der Waals surface area (Å²) >= 11 is 5.65. The van der Waals surface area contributed by atoms with Crippen LogP contribution in [0.1, 0.15) is 31.1 Å². The molecule has 0 saturated carbocycles. The molecule has 0 aromatic heterocycles. The molecule has 1 aromatic rings. The number of nitro benzene ring substituents is 1. The van der Waals surface area contributed by atoms with Crippen LogP contribution >= 0.6 is 24.0 Å². The number of amides is 1. The topological polar surface area (TPSA) is 84.3 Å². The highest BCUT2D eigenvalue weighted by Gasteiger charge is 2.22. The zero-order valence-corrected chi connectivity index (χ0v) is 13.9. The summed E-state index contributed by atoms with van der Waals surface area (Å²) in [6.45, 7) is 8.52. The van der Waals surface area contributed by atoms with Gasteiger partial charge < -0.3 is 10.6 Å². The molecule has 0 radical (unpaired) electrons. The second-order valence-electron chi connectivity index (χ2n) is 3.71. The molecule has 0 aliphatic rings. The molecule has 2 N–H and O–H groups in total. The van der Waals surface area contributed by atoms with Crippen molar-refractivity contribution >= 4 is 35.6 Å². The van der Waals surface area contributed by atoms with Gasteiger partial charge in [0, 0.05) is 6.54 Å². The fourth-order valence-electron chi connectivity index (χ4n) is 1.39. The number of halogens is 2. The monoisotopic (exact) mass is 337 g/mol. The van der Waals surface area contributed by atoms with E-state index >= 15 is 0 Å². The summed E-state index contributed by atoms with van der Waals surface area (Å²) in [5, 5.41) is 16.2. The van der Waals surface area contributed by atoms with E-state index in [1.54, 1.807) is 6.92 Å². The van der Waals surface area contributed by atoms with Crippen LogP contribution in [0, 0.1) is 10.1 Å². The van der Waals surface area contributed by atoms with Crippen LogP contribution in [0.25, 0.3) is 0 Å². The van der Waals surface area contributed by atoms with Gasteiger partial charge in [0.2, 0.25) is 0 Å². The van der Waals surface area contributed by atoms with Crippen LogP contribution < -0.4 is 10.6 Å². The fraction of sp³-hybridized carbons (Fsp3) is 0.462. The molecular weight excluding hydrogens is 317 g/mol. The van der Waals surface area contributed by atoms with Crippen molar-refractivity contribution in [3.63, 3.8) is 0 Å². The van der Waals surface area contributed by atoms with Gasteiger partial charge in [0.1, 0.15) is 10.6 Å². The largest absolute Gasteiger partial charge is 0.352 e. The Labute approximate surface area is 135 Å². The molecule has 0 fully saturated rings. The van der Waals surface area contributed by atoms with E-state index in [2.05, 4.69) is 24.5 Å². The first kappa shape index (κ1) is 21.9. The van der Waals surface area contributed by atoms with Crippen molar-refractivity contribution in [1.82, 2.24) is 10.6 Å². The van der Waals surface area contributed by atoms with E-state index in [0.717, 1.165) is 13.1 Å². The predicted octanol–water partition coefficient (Wildman–Crippen LogP) is 3.04. The lowest BCUT2D eigenvalue weighted by Gasteiger charge is -2.03. The summed E-state index contributed by atoms with van der Waals surface area (Å²) in [6, 6.07) is 4.25. The maximum absolute atomic E-state index is 11.4. The van der Waals surface area contributed by atoms with Gasteiger partial charge in [-0.25, -0.2) is 0 Å².